The molecule has 0 radical (unpaired) electrons. The topological polar surface area (TPSA) is 26.0 Å². The SMILES string of the molecule is C=CCCCCCC/C=C/C=C/C(C)N. The van der Waals surface area contributed by atoms with Crippen LogP contribution in [0.4, 0.5) is 0 Å². The highest BCUT2D eigenvalue weighted by Crippen LogP contribution is 2.05. The van der Waals surface area contributed by atoms with Crippen LogP contribution in [-0.4, -0.2) is 6.04 Å². The number of allylic oxidation sites excluding steroid dienone is 4. The molecule has 0 spiro atoms. The predicted octanol–water partition coefficient (Wildman–Crippen LogP) is 3.97. The Morgan fingerprint density at radius 1 is 1.07 bits per heavy atom. The Balaban J connectivity index is 3.19. The minimum atomic E-state index is 0.161. The van der Waals surface area contributed by atoms with Gasteiger partial charge in [-0.2, -0.15) is 0 Å². The molecule has 0 amide bonds. The Morgan fingerprint density at radius 3 is 2.33 bits per heavy atom. The predicted molar refractivity (Wildman–Crippen MR) is 69.8 cm³/mol. The summed E-state index contributed by atoms with van der Waals surface area (Å²) in [4.78, 5) is 0. The number of rotatable bonds is 9. The highest BCUT2D eigenvalue weighted by atomic mass is 14.6. The van der Waals surface area contributed by atoms with Gasteiger partial charge in [-0.1, -0.05) is 43.2 Å². The maximum absolute atomic E-state index is 5.57. The Labute approximate surface area is 94.8 Å². The van der Waals surface area contributed by atoms with Gasteiger partial charge >= 0.3 is 0 Å². The fraction of sp³-hybridized carbons (Fsp3) is 0.571. The van der Waals surface area contributed by atoms with Gasteiger partial charge in [-0.3, -0.25) is 0 Å². The summed E-state index contributed by atoms with van der Waals surface area (Å²) in [5.41, 5.74) is 5.57. The zero-order valence-corrected chi connectivity index (χ0v) is 9.99. The standard InChI is InChI=1S/C14H25N/c1-3-4-5-6-7-8-9-10-11-12-13-14(2)15/h3,10-14H,1,4-9,15H2,2H3/b11-10+,13-12+. The second kappa shape index (κ2) is 11.3. The maximum Gasteiger partial charge on any atom is 0.0197 e. The van der Waals surface area contributed by atoms with Gasteiger partial charge in [-0.25, -0.2) is 0 Å². The first-order valence-corrected chi connectivity index (χ1v) is 5.97. The van der Waals surface area contributed by atoms with Gasteiger partial charge in [0.05, 0.1) is 0 Å². The third-order valence-electron chi connectivity index (χ3n) is 2.19. The fourth-order valence-corrected chi connectivity index (χ4v) is 1.32. The lowest BCUT2D eigenvalue weighted by Gasteiger charge is -1.96. The molecule has 2 N–H and O–H groups in total. The minimum absolute atomic E-state index is 0.161. The van der Waals surface area contributed by atoms with Crippen LogP contribution in [0.25, 0.3) is 0 Å². The van der Waals surface area contributed by atoms with Crippen molar-refractivity contribution in [2.45, 2.75) is 51.5 Å². The summed E-state index contributed by atoms with van der Waals surface area (Å²) in [5.74, 6) is 0. The number of hydrogen-bond acceptors (Lipinski definition) is 1. The van der Waals surface area contributed by atoms with Crippen LogP contribution < -0.4 is 5.73 Å². The van der Waals surface area contributed by atoms with Crippen molar-refractivity contribution >= 4 is 0 Å². The molecule has 0 aliphatic heterocycles. The second-order valence-corrected chi connectivity index (χ2v) is 3.95. The van der Waals surface area contributed by atoms with Crippen LogP contribution in [0.2, 0.25) is 0 Å². The van der Waals surface area contributed by atoms with Crippen LogP contribution in [0.3, 0.4) is 0 Å². The first-order valence-electron chi connectivity index (χ1n) is 5.97. The molecule has 0 aliphatic carbocycles. The van der Waals surface area contributed by atoms with Gasteiger partial charge < -0.3 is 5.73 Å². The van der Waals surface area contributed by atoms with E-state index >= 15 is 0 Å². The molecular weight excluding hydrogens is 182 g/mol. The van der Waals surface area contributed by atoms with Gasteiger partial charge in [0.2, 0.25) is 0 Å². The summed E-state index contributed by atoms with van der Waals surface area (Å²) in [6.07, 6.45) is 17.9. The maximum atomic E-state index is 5.57. The van der Waals surface area contributed by atoms with Crippen LogP contribution in [-0.2, 0) is 0 Å². The van der Waals surface area contributed by atoms with E-state index in [4.69, 9.17) is 5.73 Å². The zero-order chi connectivity index (χ0) is 11.4. The average Bonchev–Trinajstić information content (AvgIpc) is 2.20. The summed E-state index contributed by atoms with van der Waals surface area (Å²) < 4.78 is 0. The molecule has 0 saturated carbocycles. The Hall–Kier alpha value is -0.820. The fourth-order valence-electron chi connectivity index (χ4n) is 1.32. The van der Waals surface area contributed by atoms with Crippen molar-refractivity contribution in [3.8, 4) is 0 Å². The van der Waals surface area contributed by atoms with E-state index in [-0.39, 0.29) is 6.04 Å². The Bertz CT molecular complexity index is 190. The summed E-state index contributed by atoms with van der Waals surface area (Å²) >= 11 is 0. The van der Waals surface area contributed by atoms with Crippen LogP contribution in [0.1, 0.15) is 45.4 Å². The minimum Gasteiger partial charge on any atom is -0.325 e. The van der Waals surface area contributed by atoms with Gasteiger partial charge in [0.25, 0.3) is 0 Å². The van der Waals surface area contributed by atoms with E-state index in [0.717, 1.165) is 6.42 Å². The van der Waals surface area contributed by atoms with E-state index in [0.29, 0.717) is 0 Å². The van der Waals surface area contributed by atoms with Crippen LogP contribution in [0, 0.1) is 0 Å². The lowest BCUT2D eigenvalue weighted by atomic mass is 10.1. The molecule has 0 aliphatic rings. The second-order valence-electron chi connectivity index (χ2n) is 3.95. The molecule has 1 atom stereocenters. The van der Waals surface area contributed by atoms with Gasteiger partial charge in [0.15, 0.2) is 0 Å². The number of hydrogen-bond donors (Lipinski definition) is 1. The molecule has 0 fully saturated rings. The van der Waals surface area contributed by atoms with E-state index < -0.39 is 0 Å². The number of nitrogens with two attached hydrogens (primary N) is 1. The van der Waals surface area contributed by atoms with Gasteiger partial charge in [-0.15, -0.1) is 6.58 Å². The third kappa shape index (κ3) is 13.2. The van der Waals surface area contributed by atoms with Crippen molar-refractivity contribution in [1.29, 1.82) is 0 Å². The first-order chi connectivity index (χ1) is 7.27. The van der Waals surface area contributed by atoms with Crippen molar-refractivity contribution in [3.05, 3.63) is 37.0 Å². The average molecular weight is 207 g/mol. The molecule has 0 heterocycles. The zero-order valence-electron chi connectivity index (χ0n) is 9.99. The molecule has 1 heteroatoms. The van der Waals surface area contributed by atoms with E-state index in [1.54, 1.807) is 0 Å². The van der Waals surface area contributed by atoms with Crippen molar-refractivity contribution in [1.82, 2.24) is 0 Å². The van der Waals surface area contributed by atoms with Crippen LogP contribution in [0.15, 0.2) is 37.0 Å². The molecule has 0 aromatic heterocycles. The van der Waals surface area contributed by atoms with Crippen LogP contribution >= 0.6 is 0 Å². The highest BCUT2D eigenvalue weighted by molar-refractivity contribution is 5.04. The van der Waals surface area contributed by atoms with E-state index in [9.17, 15) is 0 Å². The first kappa shape index (κ1) is 14.2. The van der Waals surface area contributed by atoms with Crippen molar-refractivity contribution in [2.75, 3.05) is 0 Å². The van der Waals surface area contributed by atoms with E-state index in [2.05, 4.69) is 18.7 Å². The molecule has 0 bridgehead atoms. The molecule has 1 unspecified atom stereocenters. The molecule has 0 aromatic rings. The quantitative estimate of drug-likeness (QED) is 0.345. The highest BCUT2D eigenvalue weighted by Gasteiger charge is 1.86. The molecule has 0 saturated heterocycles. The molecular formula is C14H25N. The molecule has 86 valence electrons. The van der Waals surface area contributed by atoms with Crippen molar-refractivity contribution < 1.29 is 0 Å². The van der Waals surface area contributed by atoms with Gasteiger partial charge in [0.1, 0.15) is 0 Å². The van der Waals surface area contributed by atoms with Gasteiger partial charge in [0, 0.05) is 6.04 Å². The lowest BCUT2D eigenvalue weighted by Crippen LogP contribution is -2.09. The summed E-state index contributed by atoms with van der Waals surface area (Å²) in [5, 5.41) is 0. The van der Waals surface area contributed by atoms with E-state index in [1.165, 1.54) is 32.1 Å². The molecule has 0 rings (SSSR count). The van der Waals surface area contributed by atoms with Crippen molar-refractivity contribution in [3.63, 3.8) is 0 Å². The summed E-state index contributed by atoms with van der Waals surface area (Å²) in [7, 11) is 0. The smallest absolute Gasteiger partial charge is 0.0197 e. The Kier molecular flexibility index (Phi) is 10.6. The van der Waals surface area contributed by atoms with E-state index in [1.807, 2.05) is 25.2 Å². The normalized spacial score (nSPS) is 13.7. The molecule has 15 heavy (non-hydrogen) atoms. The van der Waals surface area contributed by atoms with Crippen LogP contribution in [0.5, 0.6) is 0 Å². The lowest BCUT2D eigenvalue weighted by molar-refractivity contribution is 0.652. The molecule has 1 nitrogen and oxygen atoms in total. The third-order valence-corrected chi connectivity index (χ3v) is 2.19. The van der Waals surface area contributed by atoms with Gasteiger partial charge in [-0.05, 0) is 32.6 Å². The monoisotopic (exact) mass is 207 g/mol. The summed E-state index contributed by atoms with van der Waals surface area (Å²) in [6, 6.07) is 0.161. The Morgan fingerprint density at radius 2 is 1.73 bits per heavy atom. The molecule has 0 aromatic carbocycles. The summed E-state index contributed by atoms with van der Waals surface area (Å²) in [6.45, 7) is 5.69. The largest absolute Gasteiger partial charge is 0.325 e. The number of unbranched alkanes of at least 4 members (excludes halogenated alkanes) is 5. The van der Waals surface area contributed by atoms with Crippen molar-refractivity contribution in [2.24, 2.45) is 5.73 Å².